The molecule has 5 aliphatic carbocycles. The second-order valence-electron chi connectivity index (χ2n) is 14.3. The molecule has 5 saturated carbocycles. The van der Waals surface area contributed by atoms with Gasteiger partial charge in [-0.1, -0.05) is 53.4 Å². The Hall–Kier alpha value is 0. The molecule has 30 heavy (non-hydrogen) atoms. The van der Waals surface area contributed by atoms with Crippen LogP contribution in [0.1, 0.15) is 137 Å². The molecule has 0 aromatic carbocycles. The SMILES string of the molecule is CC1(C)CCC(CCCC2CCC3C4CCC5CCCCC5(C)C4CCC23C)CC1. The molecule has 0 nitrogen and oxygen atoms in total. The van der Waals surface area contributed by atoms with Crippen LogP contribution < -0.4 is 0 Å². The van der Waals surface area contributed by atoms with Crippen molar-refractivity contribution < 1.29 is 0 Å². The molecule has 0 spiro atoms. The maximum absolute atomic E-state index is 2.77. The lowest BCUT2D eigenvalue weighted by Gasteiger charge is -2.60. The van der Waals surface area contributed by atoms with E-state index < -0.39 is 0 Å². The molecule has 0 heteroatoms. The zero-order valence-electron chi connectivity index (χ0n) is 21.0. The van der Waals surface area contributed by atoms with Crippen molar-refractivity contribution in [3.8, 4) is 0 Å². The summed E-state index contributed by atoms with van der Waals surface area (Å²) >= 11 is 0. The highest BCUT2D eigenvalue weighted by atomic mass is 14.6. The van der Waals surface area contributed by atoms with Crippen molar-refractivity contribution in [2.24, 2.45) is 51.8 Å². The van der Waals surface area contributed by atoms with Gasteiger partial charge in [-0.2, -0.15) is 0 Å². The van der Waals surface area contributed by atoms with Crippen molar-refractivity contribution in [3.05, 3.63) is 0 Å². The van der Waals surface area contributed by atoms with Gasteiger partial charge >= 0.3 is 0 Å². The first-order chi connectivity index (χ1) is 14.3. The molecule has 5 aliphatic rings. The molecule has 7 unspecified atom stereocenters. The highest BCUT2D eigenvalue weighted by Crippen LogP contribution is 2.68. The minimum absolute atomic E-state index is 0.634. The normalized spacial score (nSPS) is 48.6. The Balaban J connectivity index is 1.18. The smallest absolute Gasteiger partial charge is 0.0266 e. The van der Waals surface area contributed by atoms with E-state index >= 15 is 0 Å². The van der Waals surface area contributed by atoms with E-state index in [4.69, 9.17) is 0 Å². The van der Waals surface area contributed by atoms with Gasteiger partial charge in [0, 0.05) is 0 Å². The molecular weight excluding hydrogens is 360 g/mol. The van der Waals surface area contributed by atoms with Gasteiger partial charge in [0.2, 0.25) is 0 Å². The minimum Gasteiger partial charge on any atom is -0.0599 e. The van der Waals surface area contributed by atoms with Crippen molar-refractivity contribution in [2.75, 3.05) is 0 Å². The third-order valence-corrected chi connectivity index (χ3v) is 12.4. The second-order valence-corrected chi connectivity index (χ2v) is 14.3. The number of fused-ring (bicyclic) bond motifs is 5. The summed E-state index contributed by atoms with van der Waals surface area (Å²) in [5.74, 6) is 6.44. The Kier molecular flexibility index (Phi) is 5.89. The Morgan fingerprint density at radius 3 is 2.17 bits per heavy atom. The van der Waals surface area contributed by atoms with Crippen LogP contribution in [0, 0.1) is 51.8 Å². The summed E-state index contributed by atoms with van der Waals surface area (Å²) in [6.07, 6.45) is 26.3. The fourth-order valence-electron chi connectivity index (χ4n) is 10.3. The lowest BCUT2D eigenvalue weighted by molar-refractivity contribution is -0.111. The molecule has 0 aromatic heterocycles. The van der Waals surface area contributed by atoms with E-state index in [1.807, 2.05) is 0 Å². The van der Waals surface area contributed by atoms with Crippen molar-refractivity contribution in [1.82, 2.24) is 0 Å². The molecule has 0 N–H and O–H groups in total. The van der Waals surface area contributed by atoms with Crippen molar-refractivity contribution in [2.45, 2.75) is 137 Å². The first-order valence-electron chi connectivity index (χ1n) is 14.3. The fraction of sp³-hybridized carbons (Fsp3) is 1.00. The zero-order valence-corrected chi connectivity index (χ0v) is 21.0. The maximum atomic E-state index is 2.77. The maximum Gasteiger partial charge on any atom is -0.0266 e. The topological polar surface area (TPSA) is 0 Å². The van der Waals surface area contributed by atoms with Crippen LogP contribution in [0.2, 0.25) is 0 Å². The molecule has 5 rings (SSSR count). The second kappa shape index (κ2) is 8.09. The molecule has 5 fully saturated rings. The first-order valence-corrected chi connectivity index (χ1v) is 14.3. The van der Waals surface area contributed by atoms with Gasteiger partial charge in [-0.3, -0.25) is 0 Å². The molecule has 0 radical (unpaired) electrons. The fourth-order valence-corrected chi connectivity index (χ4v) is 10.3. The van der Waals surface area contributed by atoms with Crippen LogP contribution in [0.15, 0.2) is 0 Å². The van der Waals surface area contributed by atoms with E-state index in [1.165, 1.54) is 44.9 Å². The molecule has 0 aliphatic heterocycles. The third kappa shape index (κ3) is 3.73. The van der Waals surface area contributed by atoms with Crippen LogP contribution in [0.5, 0.6) is 0 Å². The number of hydrogen-bond acceptors (Lipinski definition) is 0. The van der Waals surface area contributed by atoms with E-state index in [-0.39, 0.29) is 0 Å². The lowest BCUT2D eigenvalue weighted by atomic mass is 9.45. The van der Waals surface area contributed by atoms with Gasteiger partial charge in [-0.15, -0.1) is 0 Å². The van der Waals surface area contributed by atoms with E-state index in [0.717, 1.165) is 40.9 Å². The minimum atomic E-state index is 0.634. The molecule has 172 valence electrons. The van der Waals surface area contributed by atoms with E-state index in [2.05, 4.69) is 27.7 Å². The van der Waals surface area contributed by atoms with Gasteiger partial charge in [-0.05, 0) is 135 Å². The highest BCUT2D eigenvalue weighted by molar-refractivity contribution is 5.08. The van der Waals surface area contributed by atoms with Crippen LogP contribution in [0.3, 0.4) is 0 Å². The van der Waals surface area contributed by atoms with E-state index in [9.17, 15) is 0 Å². The Bertz CT molecular complexity index is 593. The predicted molar refractivity (Wildman–Crippen MR) is 129 cm³/mol. The van der Waals surface area contributed by atoms with Crippen LogP contribution in [0.4, 0.5) is 0 Å². The van der Waals surface area contributed by atoms with Crippen LogP contribution in [0.25, 0.3) is 0 Å². The van der Waals surface area contributed by atoms with Crippen molar-refractivity contribution in [1.29, 1.82) is 0 Å². The summed E-state index contributed by atoms with van der Waals surface area (Å²) < 4.78 is 0. The summed E-state index contributed by atoms with van der Waals surface area (Å²) in [6.45, 7) is 10.5. The van der Waals surface area contributed by atoms with Gasteiger partial charge in [0.15, 0.2) is 0 Å². The average molecular weight is 413 g/mol. The summed E-state index contributed by atoms with van der Waals surface area (Å²) in [7, 11) is 0. The van der Waals surface area contributed by atoms with Gasteiger partial charge in [-0.25, -0.2) is 0 Å². The quantitative estimate of drug-likeness (QED) is 0.431. The molecule has 0 aromatic rings. The van der Waals surface area contributed by atoms with E-state index in [1.54, 1.807) is 64.2 Å². The largest absolute Gasteiger partial charge is 0.0599 e. The van der Waals surface area contributed by atoms with Gasteiger partial charge < -0.3 is 0 Å². The molecule has 0 bridgehead atoms. The van der Waals surface area contributed by atoms with E-state index in [0.29, 0.717) is 10.8 Å². The Morgan fingerprint density at radius 1 is 0.600 bits per heavy atom. The Morgan fingerprint density at radius 2 is 1.37 bits per heavy atom. The monoisotopic (exact) mass is 412 g/mol. The summed E-state index contributed by atoms with van der Waals surface area (Å²) in [5.41, 5.74) is 2.05. The summed E-state index contributed by atoms with van der Waals surface area (Å²) in [4.78, 5) is 0. The molecule has 0 heterocycles. The average Bonchev–Trinajstić information content (AvgIpc) is 3.05. The van der Waals surface area contributed by atoms with Crippen LogP contribution in [-0.2, 0) is 0 Å². The van der Waals surface area contributed by atoms with Crippen LogP contribution in [-0.4, -0.2) is 0 Å². The van der Waals surface area contributed by atoms with Gasteiger partial charge in [0.25, 0.3) is 0 Å². The summed E-state index contributed by atoms with van der Waals surface area (Å²) in [5, 5.41) is 0. The number of rotatable bonds is 4. The predicted octanol–water partition coefficient (Wildman–Crippen LogP) is 9.42. The number of hydrogen-bond donors (Lipinski definition) is 0. The Labute approximate surface area is 188 Å². The van der Waals surface area contributed by atoms with Gasteiger partial charge in [0.05, 0.1) is 0 Å². The standard InChI is InChI=1S/C30H52/c1-28(2)19-15-22(16-20-28)8-7-10-24-12-14-26-25-13-11-23-9-5-6-18-29(23,3)27(25)17-21-30(24,26)4/h22-27H,5-21H2,1-4H3. The molecular formula is C30H52. The molecule has 7 atom stereocenters. The lowest BCUT2D eigenvalue weighted by Crippen LogP contribution is -2.52. The first kappa shape index (κ1) is 21.8. The highest BCUT2D eigenvalue weighted by Gasteiger charge is 2.59. The van der Waals surface area contributed by atoms with Crippen molar-refractivity contribution >= 4 is 0 Å². The van der Waals surface area contributed by atoms with Crippen molar-refractivity contribution in [3.63, 3.8) is 0 Å². The van der Waals surface area contributed by atoms with Crippen LogP contribution >= 0.6 is 0 Å². The zero-order chi connectivity index (χ0) is 21.0. The third-order valence-electron chi connectivity index (χ3n) is 12.4. The summed E-state index contributed by atoms with van der Waals surface area (Å²) in [6, 6.07) is 0. The van der Waals surface area contributed by atoms with Gasteiger partial charge in [0.1, 0.15) is 0 Å². The molecule has 0 amide bonds. The molecule has 0 saturated heterocycles.